The third-order valence-corrected chi connectivity index (χ3v) is 5.31. The standard InChI is InChI=1S/C20H26N2O4S/c1-4-24-15-11-13(12-16(25-5-2)18(15)26-6-3)19(23)22-20-21-14-9-7-8-10-17(14)27-20/h11-12H,4-10H2,1-3H3,(H,21,22,23). The van der Waals surface area contributed by atoms with E-state index >= 15 is 0 Å². The number of carbonyl (C=O) groups is 1. The number of fused-ring (bicyclic) bond motifs is 1. The van der Waals surface area contributed by atoms with Gasteiger partial charge >= 0.3 is 0 Å². The van der Waals surface area contributed by atoms with Gasteiger partial charge in [-0.2, -0.15) is 0 Å². The zero-order valence-corrected chi connectivity index (χ0v) is 16.9. The van der Waals surface area contributed by atoms with Crippen molar-refractivity contribution in [2.45, 2.75) is 46.5 Å². The highest BCUT2D eigenvalue weighted by Crippen LogP contribution is 2.39. The first-order valence-electron chi connectivity index (χ1n) is 9.52. The van der Waals surface area contributed by atoms with Gasteiger partial charge < -0.3 is 14.2 Å². The number of nitrogens with zero attached hydrogens (tertiary/aromatic N) is 1. The Labute approximate surface area is 163 Å². The Balaban J connectivity index is 1.87. The summed E-state index contributed by atoms with van der Waals surface area (Å²) in [4.78, 5) is 18.7. The van der Waals surface area contributed by atoms with E-state index in [-0.39, 0.29) is 5.91 Å². The maximum atomic E-state index is 12.8. The molecule has 1 aromatic heterocycles. The van der Waals surface area contributed by atoms with Crippen LogP contribution in [0.25, 0.3) is 0 Å². The first-order chi connectivity index (χ1) is 13.2. The molecule has 1 heterocycles. The minimum Gasteiger partial charge on any atom is -0.490 e. The lowest BCUT2D eigenvalue weighted by Gasteiger charge is -2.16. The second kappa shape index (κ2) is 9.08. The maximum Gasteiger partial charge on any atom is 0.257 e. The van der Waals surface area contributed by atoms with E-state index in [0.29, 0.717) is 47.8 Å². The van der Waals surface area contributed by atoms with Gasteiger partial charge in [0.2, 0.25) is 5.75 Å². The molecule has 0 aliphatic heterocycles. The highest BCUT2D eigenvalue weighted by molar-refractivity contribution is 7.15. The van der Waals surface area contributed by atoms with Gasteiger partial charge in [0.15, 0.2) is 16.6 Å². The Kier molecular flexibility index (Phi) is 6.55. The van der Waals surface area contributed by atoms with Crippen molar-refractivity contribution in [3.05, 3.63) is 28.3 Å². The number of ether oxygens (including phenoxy) is 3. The predicted octanol–water partition coefficient (Wildman–Crippen LogP) is 4.47. The smallest absolute Gasteiger partial charge is 0.257 e. The molecule has 3 rings (SSSR count). The number of anilines is 1. The lowest BCUT2D eigenvalue weighted by molar-refractivity contribution is 0.102. The second-order valence-electron chi connectivity index (χ2n) is 6.15. The number of thiazole rings is 1. The summed E-state index contributed by atoms with van der Waals surface area (Å²) < 4.78 is 17.1. The summed E-state index contributed by atoms with van der Waals surface area (Å²) in [6.45, 7) is 7.10. The van der Waals surface area contributed by atoms with Crippen molar-refractivity contribution in [1.82, 2.24) is 4.98 Å². The summed E-state index contributed by atoms with van der Waals surface area (Å²) in [5, 5.41) is 3.57. The van der Waals surface area contributed by atoms with Gasteiger partial charge in [-0.25, -0.2) is 4.98 Å². The summed E-state index contributed by atoms with van der Waals surface area (Å²) in [5.41, 5.74) is 1.58. The fourth-order valence-electron chi connectivity index (χ4n) is 3.09. The van der Waals surface area contributed by atoms with Gasteiger partial charge in [-0.15, -0.1) is 11.3 Å². The summed E-state index contributed by atoms with van der Waals surface area (Å²) in [6, 6.07) is 3.39. The molecule has 0 saturated heterocycles. The largest absolute Gasteiger partial charge is 0.490 e. The summed E-state index contributed by atoms with van der Waals surface area (Å²) in [7, 11) is 0. The Hall–Kier alpha value is -2.28. The van der Waals surface area contributed by atoms with Crippen LogP contribution < -0.4 is 19.5 Å². The van der Waals surface area contributed by atoms with Crippen molar-refractivity contribution in [1.29, 1.82) is 0 Å². The molecule has 0 bridgehead atoms. The predicted molar refractivity (Wildman–Crippen MR) is 107 cm³/mol. The molecule has 1 amide bonds. The minimum atomic E-state index is -0.231. The maximum absolute atomic E-state index is 12.8. The van der Waals surface area contributed by atoms with Crippen LogP contribution >= 0.6 is 11.3 Å². The van der Waals surface area contributed by atoms with Gasteiger partial charge in [-0.3, -0.25) is 10.1 Å². The quantitative estimate of drug-likeness (QED) is 0.720. The number of hydrogen-bond donors (Lipinski definition) is 1. The van der Waals surface area contributed by atoms with Gasteiger partial charge in [-0.1, -0.05) is 0 Å². The normalized spacial score (nSPS) is 13.0. The number of benzene rings is 1. The molecule has 0 spiro atoms. The fraction of sp³-hybridized carbons (Fsp3) is 0.500. The van der Waals surface area contributed by atoms with Crippen LogP contribution in [0.5, 0.6) is 17.2 Å². The monoisotopic (exact) mass is 390 g/mol. The van der Waals surface area contributed by atoms with Crippen LogP contribution in [-0.2, 0) is 12.8 Å². The molecule has 0 unspecified atom stereocenters. The Morgan fingerprint density at radius 1 is 1.04 bits per heavy atom. The van der Waals surface area contributed by atoms with Crippen LogP contribution in [-0.4, -0.2) is 30.7 Å². The lowest BCUT2D eigenvalue weighted by Crippen LogP contribution is -2.13. The average Bonchev–Trinajstić information content (AvgIpc) is 3.06. The Morgan fingerprint density at radius 3 is 2.26 bits per heavy atom. The van der Waals surface area contributed by atoms with Crippen LogP contribution in [0.2, 0.25) is 0 Å². The molecule has 1 aliphatic carbocycles. The van der Waals surface area contributed by atoms with Gasteiger partial charge in [0.25, 0.3) is 5.91 Å². The van der Waals surface area contributed by atoms with Crippen molar-refractivity contribution in [3.63, 3.8) is 0 Å². The number of hydrogen-bond acceptors (Lipinski definition) is 6. The van der Waals surface area contributed by atoms with E-state index in [0.717, 1.165) is 18.5 Å². The van der Waals surface area contributed by atoms with E-state index in [1.807, 2.05) is 20.8 Å². The van der Waals surface area contributed by atoms with Crippen molar-refractivity contribution < 1.29 is 19.0 Å². The molecular formula is C20H26N2O4S. The SMILES string of the molecule is CCOc1cc(C(=O)Nc2nc3c(s2)CCCC3)cc(OCC)c1OCC. The van der Waals surface area contributed by atoms with Crippen LogP contribution in [0.3, 0.4) is 0 Å². The molecule has 0 atom stereocenters. The van der Waals surface area contributed by atoms with Crippen LogP contribution in [0.1, 0.15) is 54.5 Å². The minimum absolute atomic E-state index is 0.231. The van der Waals surface area contributed by atoms with Crippen LogP contribution in [0.4, 0.5) is 5.13 Å². The van der Waals surface area contributed by atoms with E-state index < -0.39 is 0 Å². The molecule has 0 radical (unpaired) electrons. The highest BCUT2D eigenvalue weighted by Gasteiger charge is 2.20. The molecule has 27 heavy (non-hydrogen) atoms. The van der Waals surface area contributed by atoms with Gasteiger partial charge in [0, 0.05) is 10.4 Å². The number of amides is 1. The number of aryl methyl sites for hydroxylation is 2. The van der Waals surface area contributed by atoms with E-state index in [2.05, 4.69) is 10.3 Å². The molecule has 1 aromatic carbocycles. The summed E-state index contributed by atoms with van der Waals surface area (Å²) >= 11 is 1.57. The number of nitrogens with one attached hydrogen (secondary N) is 1. The number of carbonyl (C=O) groups excluding carboxylic acids is 1. The topological polar surface area (TPSA) is 69.7 Å². The Morgan fingerprint density at radius 2 is 1.67 bits per heavy atom. The Bertz CT molecular complexity index is 753. The van der Waals surface area contributed by atoms with E-state index in [1.165, 1.54) is 17.7 Å². The van der Waals surface area contributed by atoms with E-state index in [9.17, 15) is 4.79 Å². The van der Waals surface area contributed by atoms with Crippen LogP contribution in [0, 0.1) is 0 Å². The average molecular weight is 391 g/mol. The highest BCUT2D eigenvalue weighted by atomic mass is 32.1. The van der Waals surface area contributed by atoms with Gasteiger partial charge in [0.05, 0.1) is 25.5 Å². The first kappa shape index (κ1) is 19.5. The van der Waals surface area contributed by atoms with Gasteiger partial charge in [-0.05, 0) is 58.6 Å². The molecular weight excluding hydrogens is 364 g/mol. The van der Waals surface area contributed by atoms with Crippen molar-refractivity contribution >= 4 is 22.4 Å². The molecule has 1 aliphatic rings. The van der Waals surface area contributed by atoms with E-state index in [1.54, 1.807) is 23.5 Å². The first-order valence-corrected chi connectivity index (χ1v) is 10.3. The molecule has 1 N–H and O–H groups in total. The zero-order chi connectivity index (χ0) is 19.2. The van der Waals surface area contributed by atoms with Gasteiger partial charge in [0.1, 0.15) is 0 Å². The second-order valence-corrected chi connectivity index (χ2v) is 7.23. The van der Waals surface area contributed by atoms with Crippen LogP contribution in [0.15, 0.2) is 12.1 Å². The molecule has 0 saturated carbocycles. The molecule has 0 fully saturated rings. The number of aromatic nitrogens is 1. The van der Waals surface area contributed by atoms with E-state index in [4.69, 9.17) is 14.2 Å². The summed E-state index contributed by atoms with van der Waals surface area (Å²) in [5.74, 6) is 1.32. The fourth-order valence-corrected chi connectivity index (χ4v) is 4.14. The zero-order valence-electron chi connectivity index (χ0n) is 16.1. The lowest BCUT2D eigenvalue weighted by atomic mass is 10.0. The summed E-state index contributed by atoms with van der Waals surface area (Å²) in [6.07, 6.45) is 4.40. The molecule has 146 valence electrons. The third kappa shape index (κ3) is 4.53. The van der Waals surface area contributed by atoms with Crippen molar-refractivity contribution in [2.75, 3.05) is 25.1 Å². The molecule has 2 aromatic rings. The number of rotatable bonds is 8. The molecule has 6 nitrogen and oxygen atoms in total. The van der Waals surface area contributed by atoms with Crippen molar-refractivity contribution in [3.8, 4) is 17.2 Å². The third-order valence-electron chi connectivity index (χ3n) is 4.24. The van der Waals surface area contributed by atoms with Crippen molar-refractivity contribution in [2.24, 2.45) is 0 Å². The molecule has 7 heteroatoms.